The number of esters is 1. The minimum atomic E-state index is -0.720. The largest absolute Gasteiger partial charge is 0.452 e. The van der Waals surface area contributed by atoms with Gasteiger partial charge in [0.1, 0.15) is 5.82 Å². The van der Waals surface area contributed by atoms with Crippen LogP contribution < -0.4 is 5.32 Å². The van der Waals surface area contributed by atoms with E-state index in [1.807, 2.05) is 26.0 Å². The first-order valence-corrected chi connectivity index (χ1v) is 9.89. The van der Waals surface area contributed by atoms with Gasteiger partial charge in [0.05, 0.1) is 22.3 Å². The minimum absolute atomic E-state index is 0.149. The molecule has 0 saturated carbocycles. The molecule has 4 aromatic rings. The van der Waals surface area contributed by atoms with Gasteiger partial charge in [-0.05, 0) is 74.4 Å². The van der Waals surface area contributed by atoms with Crippen LogP contribution in [0.25, 0.3) is 22.4 Å². The number of nitrogens with one attached hydrogen (secondary N) is 1. The first-order valence-electron chi connectivity index (χ1n) is 9.89. The number of anilines is 1. The Balaban J connectivity index is 1.55. The van der Waals surface area contributed by atoms with Crippen LogP contribution in [0.15, 0.2) is 53.1 Å². The molecule has 2 heterocycles. The van der Waals surface area contributed by atoms with Crippen LogP contribution in [0.1, 0.15) is 27.2 Å². The number of hydrogen-bond acceptors (Lipinski definition) is 6. The lowest BCUT2D eigenvalue weighted by Gasteiger charge is -2.09. The van der Waals surface area contributed by atoms with E-state index in [9.17, 15) is 14.0 Å². The Morgan fingerprint density at radius 1 is 1.03 bits per heavy atom. The van der Waals surface area contributed by atoms with Crippen molar-refractivity contribution in [2.45, 2.75) is 20.8 Å². The van der Waals surface area contributed by atoms with Crippen molar-refractivity contribution in [3.8, 4) is 11.3 Å². The van der Waals surface area contributed by atoms with E-state index in [1.54, 1.807) is 25.1 Å². The van der Waals surface area contributed by atoms with Gasteiger partial charge in [-0.1, -0.05) is 11.2 Å². The Hall–Kier alpha value is -4.07. The molecule has 0 saturated heterocycles. The molecule has 2 aromatic carbocycles. The Bertz CT molecular complexity index is 1330. The van der Waals surface area contributed by atoms with Crippen LogP contribution in [0.5, 0.6) is 0 Å². The molecular formula is C24H20FN3O4. The van der Waals surface area contributed by atoms with Crippen LogP contribution in [0, 0.1) is 26.6 Å². The lowest BCUT2D eigenvalue weighted by Crippen LogP contribution is -2.21. The third-order valence-corrected chi connectivity index (χ3v) is 5.10. The predicted molar refractivity (Wildman–Crippen MR) is 117 cm³/mol. The van der Waals surface area contributed by atoms with E-state index < -0.39 is 18.5 Å². The molecule has 0 aliphatic carbocycles. The Kier molecular flexibility index (Phi) is 5.68. The van der Waals surface area contributed by atoms with Crippen LogP contribution in [0.2, 0.25) is 0 Å². The monoisotopic (exact) mass is 433 g/mol. The number of aromatic nitrogens is 2. The zero-order valence-corrected chi connectivity index (χ0v) is 17.7. The van der Waals surface area contributed by atoms with E-state index in [2.05, 4.69) is 15.5 Å². The second-order valence-electron chi connectivity index (χ2n) is 7.43. The van der Waals surface area contributed by atoms with Gasteiger partial charge < -0.3 is 14.6 Å². The number of carbonyl (C=O) groups is 2. The molecule has 32 heavy (non-hydrogen) atoms. The summed E-state index contributed by atoms with van der Waals surface area (Å²) in [5.41, 5.74) is 4.51. The number of carbonyl (C=O) groups excluding carboxylic acids is 2. The molecule has 0 aliphatic heterocycles. The van der Waals surface area contributed by atoms with E-state index in [1.165, 1.54) is 18.2 Å². The van der Waals surface area contributed by atoms with Crippen LogP contribution in [-0.2, 0) is 9.53 Å². The molecule has 0 spiro atoms. The average Bonchev–Trinajstić information content (AvgIpc) is 3.15. The topological polar surface area (TPSA) is 94.3 Å². The highest BCUT2D eigenvalue weighted by Crippen LogP contribution is 2.27. The van der Waals surface area contributed by atoms with Gasteiger partial charge in [-0.15, -0.1) is 0 Å². The molecule has 1 N–H and O–H groups in total. The number of nitrogens with zero attached hydrogens (tertiary/aromatic N) is 2. The van der Waals surface area contributed by atoms with Gasteiger partial charge in [0.2, 0.25) is 0 Å². The van der Waals surface area contributed by atoms with Crippen LogP contribution in [0.4, 0.5) is 10.1 Å². The molecule has 162 valence electrons. The standard InChI is InChI=1S/C24H20FN3O4/c1-13-4-9-18(10-14(13)2)26-21(29)12-31-24(30)19-11-20(16-5-7-17(25)8-6-16)27-23-22(19)15(3)28-32-23/h4-11H,12H2,1-3H3,(H,26,29). The molecule has 7 nitrogen and oxygen atoms in total. The molecule has 0 fully saturated rings. The van der Waals surface area contributed by atoms with E-state index in [-0.39, 0.29) is 17.1 Å². The second-order valence-corrected chi connectivity index (χ2v) is 7.43. The summed E-state index contributed by atoms with van der Waals surface area (Å²) in [6.45, 7) is 5.13. The van der Waals surface area contributed by atoms with Crippen molar-refractivity contribution in [2.24, 2.45) is 0 Å². The lowest BCUT2D eigenvalue weighted by atomic mass is 10.1. The summed E-state index contributed by atoms with van der Waals surface area (Å²) in [5.74, 6) is -1.57. The summed E-state index contributed by atoms with van der Waals surface area (Å²) in [6.07, 6.45) is 0. The van der Waals surface area contributed by atoms with Gasteiger partial charge in [-0.25, -0.2) is 14.2 Å². The molecule has 0 unspecified atom stereocenters. The van der Waals surface area contributed by atoms with Crippen molar-refractivity contribution in [1.82, 2.24) is 10.1 Å². The van der Waals surface area contributed by atoms with Crippen LogP contribution >= 0.6 is 0 Å². The van der Waals surface area contributed by atoms with E-state index in [0.29, 0.717) is 28.0 Å². The summed E-state index contributed by atoms with van der Waals surface area (Å²) < 4.78 is 23.8. The highest BCUT2D eigenvalue weighted by Gasteiger charge is 2.21. The van der Waals surface area contributed by atoms with Crippen LogP contribution in [-0.4, -0.2) is 28.6 Å². The number of ether oxygens (including phenoxy) is 1. The number of benzene rings is 2. The fourth-order valence-electron chi connectivity index (χ4n) is 3.25. The van der Waals surface area contributed by atoms with Gasteiger partial charge in [0.25, 0.3) is 11.6 Å². The molecule has 0 atom stereocenters. The third kappa shape index (κ3) is 4.34. The maximum atomic E-state index is 13.3. The molecule has 4 rings (SSSR count). The second kappa shape index (κ2) is 8.58. The summed E-state index contributed by atoms with van der Waals surface area (Å²) >= 11 is 0. The van der Waals surface area contributed by atoms with Gasteiger partial charge >= 0.3 is 5.97 Å². The van der Waals surface area contributed by atoms with Gasteiger partial charge in [0.15, 0.2) is 6.61 Å². The van der Waals surface area contributed by atoms with Crippen molar-refractivity contribution in [3.63, 3.8) is 0 Å². The number of halogens is 1. The summed E-state index contributed by atoms with van der Waals surface area (Å²) in [7, 11) is 0. The maximum Gasteiger partial charge on any atom is 0.339 e. The molecule has 8 heteroatoms. The summed E-state index contributed by atoms with van der Waals surface area (Å²) in [4.78, 5) is 29.5. The highest BCUT2D eigenvalue weighted by atomic mass is 19.1. The van der Waals surface area contributed by atoms with Gasteiger partial charge in [-0.3, -0.25) is 4.79 Å². The van der Waals surface area contributed by atoms with Crippen molar-refractivity contribution >= 4 is 28.7 Å². The SMILES string of the molecule is Cc1ccc(NC(=O)COC(=O)c2cc(-c3ccc(F)cc3)nc3onc(C)c23)cc1C. The van der Waals surface area contributed by atoms with Crippen molar-refractivity contribution in [3.05, 3.63) is 76.7 Å². The molecule has 0 aliphatic rings. The Morgan fingerprint density at radius 2 is 1.78 bits per heavy atom. The fourth-order valence-corrected chi connectivity index (χ4v) is 3.25. The first-order chi connectivity index (χ1) is 15.3. The number of amides is 1. The Labute approximate surface area is 183 Å². The number of rotatable bonds is 5. The van der Waals surface area contributed by atoms with E-state index >= 15 is 0 Å². The fraction of sp³-hybridized carbons (Fsp3) is 0.167. The zero-order chi connectivity index (χ0) is 22.8. The minimum Gasteiger partial charge on any atom is -0.452 e. The normalized spacial score (nSPS) is 10.9. The van der Waals surface area contributed by atoms with E-state index in [4.69, 9.17) is 9.26 Å². The molecule has 1 amide bonds. The highest BCUT2D eigenvalue weighted by molar-refractivity contribution is 6.05. The van der Waals surface area contributed by atoms with Crippen molar-refractivity contribution in [1.29, 1.82) is 0 Å². The van der Waals surface area contributed by atoms with E-state index in [0.717, 1.165) is 11.1 Å². The van der Waals surface area contributed by atoms with Crippen molar-refractivity contribution < 1.29 is 23.2 Å². The number of hydrogen-bond donors (Lipinski definition) is 1. The van der Waals surface area contributed by atoms with Crippen LogP contribution in [0.3, 0.4) is 0 Å². The lowest BCUT2D eigenvalue weighted by molar-refractivity contribution is -0.119. The average molecular weight is 433 g/mol. The molecule has 2 aromatic heterocycles. The Morgan fingerprint density at radius 3 is 2.50 bits per heavy atom. The maximum absolute atomic E-state index is 13.3. The summed E-state index contributed by atoms with van der Waals surface area (Å²) in [6, 6.07) is 12.7. The number of aryl methyl sites for hydroxylation is 3. The first kappa shape index (κ1) is 21.2. The third-order valence-electron chi connectivity index (χ3n) is 5.10. The molecular weight excluding hydrogens is 413 g/mol. The number of pyridine rings is 1. The number of fused-ring (bicyclic) bond motifs is 1. The smallest absolute Gasteiger partial charge is 0.339 e. The zero-order valence-electron chi connectivity index (χ0n) is 17.7. The quantitative estimate of drug-likeness (QED) is 0.457. The van der Waals surface area contributed by atoms with Crippen molar-refractivity contribution in [2.75, 3.05) is 11.9 Å². The summed E-state index contributed by atoms with van der Waals surface area (Å²) in [5, 5.41) is 6.98. The van der Waals surface area contributed by atoms with Gasteiger partial charge in [0, 0.05) is 11.3 Å². The molecule has 0 radical (unpaired) electrons. The molecule has 0 bridgehead atoms. The van der Waals surface area contributed by atoms with Gasteiger partial charge in [-0.2, -0.15) is 0 Å². The predicted octanol–water partition coefficient (Wildman–Crippen LogP) is 4.75.